The molecule has 252 valence electrons. The van der Waals surface area contributed by atoms with E-state index in [2.05, 4.69) is 216 Å². The minimum absolute atomic E-state index is 1.11. The molecule has 0 N–H and O–H groups in total. The number of anilines is 3. The number of hydrogen-bond acceptors (Lipinski definition) is 1. The Balaban J connectivity index is 1.12. The predicted octanol–water partition coefficient (Wildman–Crippen LogP) is 14.5. The molecule has 0 aliphatic carbocycles. The Bertz CT molecular complexity index is 3210. The van der Waals surface area contributed by atoms with Crippen LogP contribution in [0.3, 0.4) is 0 Å². The zero-order chi connectivity index (χ0) is 35.6. The predicted molar refractivity (Wildman–Crippen MR) is 231 cm³/mol. The van der Waals surface area contributed by atoms with Gasteiger partial charge >= 0.3 is 0 Å². The van der Waals surface area contributed by atoms with Crippen LogP contribution in [-0.2, 0) is 0 Å². The van der Waals surface area contributed by atoms with Gasteiger partial charge in [-0.25, -0.2) is 0 Å². The van der Waals surface area contributed by atoms with Gasteiger partial charge in [0.2, 0.25) is 0 Å². The maximum Gasteiger partial charge on any atom is 0.0547 e. The maximum absolute atomic E-state index is 2.43. The summed E-state index contributed by atoms with van der Waals surface area (Å²) in [5, 5.41) is 12.5. The maximum atomic E-state index is 2.43. The lowest BCUT2D eigenvalue weighted by Crippen LogP contribution is -2.10. The third-order valence-corrected chi connectivity index (χ3v) is 11.1. The van der Waals surface area contributed by atoms with E-state index in [4.69, 9.17) is 0 Å². The van der Waals surface area contributed by atoms with Gasteiger partial charge in [0, 0.05) is 33.2 Å². The van der Waals surface area contributed by atoms with Crippen LogP contribution in [0.4, 0.5) is 17.1 Å². The standard InChI is InChI=1S/C52H34N2/c1-2-14-39(15-3-1)54-50-21-9-8-18-47(50)52-44(19-10-23-51(52)54)37-26-30-40(31-27-37)53(41-32-28-38-25-24-35-12-5-7-17-43(35)48(38)34-41)49-22-11-20-45-42-16-6-4-13-36(42)29-33-46(45)49/h1-34H. The summed E-state index contributed by atoms with van der Waals surface area (Å²) in [4.78, 5) is 2.43. The van der Waals surface area contributed by atoms with Gasteiger partial charge < -0.3 is 9.47 Å². The van der Waals surface area contributed by atoms with E-state index < -0.39 is 0 Å². The second-order valence-electron chi connectivity index (χ2n) is 14.1. The normalized spacial score (nSPS) is 11.7. The average molecular weight is 687 g/mol. The Morgan fingerprint density at radius 1 is 0.333 bits per heavy atom. The smallest absolute Gasteiger partial charge is 0.0547 e. The first kappa shape index (κ1) is 30.5. The zero-order valence-corrected chi connectivity index (χ0v) is 29.5. The molecule has 2 heteroatoms. The summed E-state index contributed by atoms with van der Waals surface area (Å²) in [5.41, 5.74) is 9.38. The van der Waals surface area contributed by atoms with Crippen LogP contribution >= 0.6 is 0 Å². The van der Waals surface area contributed by atoms with Crippen molar-refractivity contribution in [3.05, 3.63) is 206 Å². The molecule has 0 bridgehead atoms. The molecule has 11 rings (SSSR count). The summed E-state index contributed by atoms with van der Waals surface area (Å²) in [6.45, 7) is 0. The molecule has 0 unspecified atom stereocenters. The molecule has 1 heterocycles. The molecule has 2 nitrogen and oxygen atoms in total. The molecule has 0 amide bonds. The largest absolute Gasteiger partial charge is 0.310 e. The molecule has 1 aromatic heterocycles. The van der Waals surface area contributed by atoms with Gasteiger partial charge in [0.15, 0.2) is 0 Å². The minimum atomic E-state index is 1.11. The van der Waals surface area contributed by atoms with Gasteiger partial charge in [0.1, 0.15) is 0 Å². The quantitative estimate of drug-likeness (QED) is 0.164. The summed E-state index contributed by atoms with van der Waals surface area (Å²) in [5.74, 6) is 0. The van der Waals surface area contributed by atoms with E-state index in [0.717, 1.165) is 22.7 Å². The first-order valence-corrected chi connectivity index (χ1v) is 18.6. The summed E-state index contributed by atoms with van der Waals surface area (Å²) in [6, 6.07) is 75.3. The fraction of sp³-hybridized carbons (Fsp3) is 0. The van der Waals surface area contributed by atoms with Crippen molar-refractivity contribution in [1.82, 2.24) is 4.57 Å². The zero-order valence-electron chi connectivity index (χ0n) is 29.5. The highest BCUT2D eigenvalue weighted by molar-refractivity contribution is 6.16. The molecule has 0 radical (unpaired) electrons. The second kappa shape index (κ2) is 12.2. The molecule has 11 aromatic rings. The molecule has 0 atom stereocenters. The molecule has 0 aliphatic heterocycles. The van der Waals surface area contributed by atoms with Gasteiger partial charge in [-0.15, -0.1) is 0 Å². The molecule has 0 fully saturated rings. The van der Waals surface area contributed by atoms with Crippen LogP contribution < -0.4 is 4.90 Å². The van der Waals surface area contributed by atoms with E-state index in [9.17, 15) is 0 Å². The van der Waals surface area contributed by atoms with Crippen LogP contribution in [0.15, 0.2) is 206 Å². The molecule has 10 aromatic carbocycles. The Morgan fingerprint density at radius 3 is 1.70 bits per heavy atom. The van der Waals surface area contributed by atoms with Crippen molar-refractivity contribution in [2.75, 3.05) is 4.90 Å². The molecule has 0 saturated carbocycles. The Kier molecular flexibility index (Phi) is 6.90. The van der Waals surface area contributed by atoms with Gasteiger partial charge in [0.05, 0.1) is 16.7 Å². The molecular weight excluding hydrogens is 653 g/mol. The van der Waals surface area contributed by atoms with E-state index in [0.29, 0.717) is 0 Å². The Hall–Kier alpha value is -7.16. The fourth-order valence-corrected chi connectivity index (χ4v) is 8.68. The molecule has 0 spiro atoms. The molecule has 0 aliphatic rings. The fourth-order valence-electron chi connectivity index (χ4n) is 8.68. The van der Waals surface area contributed by atoms with Crippen LogP contribution in [0.2, 0.25) is 0 Å². The van der Waals surface area contributed by atoms with Crippen molar-refractivity contribution in [1.29, 1.82) is 0 Å². The monoisotopic (exact) mass is 686 g/mol. The summed E-state index contributed by atoms with van der Waals surface area (Å²) in [7, 11) is 0. The van der Waals surface area contributed by atoms with Crippen LogP contribution in [0, 0.1) is 0 Å². The Labute approximate surface area is 313 Å². The summed E-state index contributed by atoms with van der Waals surface area (Å²) < 4.78 is 2.39. The Morgan fingerprint density at radius 2 is 0.907 bits per heavy atom. The molecule has 0 saturated heterocycles. The highest BCUT2D eigenvalue weighted by Gasteiger charge is 2.19. The SMILES string of the molecule is c1ccc(-n2c3ccccc3c3c(-c4ccc(N(c5ccc6ccc7ccccc7c6c5)c5cccc6c5ccc5ccccc56)cc4)cccc32)cc1. The van der Waals surface area contributed by atoms with Crippen molar-refractivity contribution in [3.8, 4) is 16.8 Å². The summed E-state index contributed by atoms with van der Waals surface area (Å²) in [6.07, 6.45) is 0. The lowest BCUT2D eigenvalue weighted by molar-refractivity contribution is 1.18. The number of hydrogen-bond donors (Lipinski definition) is 0. The van der Waals surface area contributed by atoms with Crippen LogP contribution in [0.5, 0.6) is 0 Å². The third-order valence-electron chi connectivity index (χ3n) is 11.1. The minimum Gasteiger partial charge on any atom is -0.310 e. The van der Waals surface area contributed by atoms with Gasteiger partial charge in [-0.1, -0.05) is 152 Å². The van der Waals surface area contributed by atoms with E-state index in [-0.39, 0.29) is 0 Å². The third kappa shape index (κ3) is 4.74. The molecular formula is C52H34N2. The average Bonchev–Trinajstić information content (AvgIpc) is 3.59. The lowest BCUT2D eigenvalue weighted by Gasteiger charge is -2.28. The molecule has 54 heavy (non-hydrogen) atoms. The number of para-hydroxylation sites is 2. The number of nitrogens with zero attached hydrogens (tertiary/aromatic N) is 2. The number of rotatable bonds is 5. The highest BCUT2D eigenvalue weighted by Crippen LogP contribution is 2.44. The van der Waals surface area contributed by atoms with E-state index >= 15 is 0 Å². The number of aromatic nitrogens is 1. The van der Waals surface area contributed by atoms with E-state index in [1.807, 2.05) is 0 Å². The second-order valence-corrected chi connectivity index (χ2v) is 14.1. The van der Waals surface area contributed by atoms with Gasteiger partial charge in [-0.05, 0) is 103 Å². The van der Waals surface area contributed by atoms with Crippen molar-refractivity contribution >= 4 is 82.0 Å². The van der Waals surface area contributed by atoms with Crippen LogP contribution in [0.1, 0.15) is 0 Å². The van der Waals surface area contributed by atoms with Crippen molar-refractivity contribution < 1.29 is 0 Å². The first-order chi connectivity index (χ1) is 26.8. The van der Waals surface area contributed by atoms with Crippen molar-refractivity contribution in [2.24, 2.45) is 0 Å². The summed E-state index contributed by atoms with van der Waals surface area (Å²) >= 11 is 0. The van der Waals surface area contributed by atoms with Gasteiger partial charge in [0.25, 0.3) is 0 Å². The van der Waals surface area contributed by atoms with Crippen molar-refractivity contribution in [2.45, 2.75) is 0 Å². The van der Waals surface area contributed by atoms with Gasteiger partial charge in [-0.3, -0.25) is 0 Å². The van der Waals surface area contributed by atoms with E-state index in [1.165, 1.54) is 76.0 Å². The lowest BCUT2D eigenvalue weighted by atomic mass is 9.97. The topological polar surface area (TPSA) is 8.17 Å². The number of fused-ring (bicyclic) bond motifs is 9. The van der Waals surface area contributed by atoms with Crippen LogP contribution in [-0.4, -0.2) is 4.57 Å². The van der Waals surface area contributed by atoms with Crippen molar-refractivity contribution in [3.63, 3.8) is 0 Å². The first-order valence-electron chi connectivity index (χ1n) is 18.6. The number of benzene rings is 10. The van der Waals surface area contributed by atoms with Gasteiger partial charge in [-0.2, -0.15) is 0 Å². The highest BCUT2D eigenvalue weighted by atomic mass is 15.1. The van der Waals surface area contributed by atoms with E-state index in [1.54, 1.807) is 0 Å². The van der Waals surface area contributed by atoms with Crippen LogP contribution in [0.25, 0.3) is 81.7 Å².